The van der Waals surface area contributed by atoms with Gasteiger partial charge in [0, 0.05) is 39.5 Å². The van der Waals surface area contributed by atoms with Crippen molar-refractivity contribution in [2.24, 2.45) is 0 Å². The Balaban J connectivity index is 1.40. The monoisotopic (exact) mass is 461 g/mol. The average molecular weight is 462 g/mol. The van der Waals surface area contributed by atoms with Crippen LogP contribution in [0.15, 0.2) is 66.7 Å². The van der Waals surface area contributed by atoms with Crippen molar-refractivity contribution >= 4 is 39.9 Å². The maximum atomic E-state index is 12.5. The number of urea groups is 1. The molecule has 1 aliphatic rings. The minimum atomic E-state index is -0.380. The van der Waals surface area contributed by atoms with Gasteiger partial charge in [0.2, 0.25) is 6.79 Å². The van der Waals surface area contributed by atoms with Gasteiger partial charge in [-0.15, -0.1) is 0 Å². The summed E-state index contributed by atoms with van der Waals surface area (Å²) in [6.45, 7) is 2.60. The Kier molecular flexibility index (Phi) is 5.62. The van der Waals surface area contributed by atoms with Crippen LogP contribution in [0, 0.1) is 0 Å². The van der Waals surface area contributed by atoms with Gasteiger partial charge in [0.1, 0.15) is 5.75 Å². The summed E-state index contributed by atoms with van der Waals surface area (Å²) in [4.78, 5) is 17.3. The SMILES string of the molecule is CCOc1cc(-c2cccc(Cl)c2)nc2ccc(NC(=O)Nc3ccc4c(c3)OCO4)cc12. The Bertz CT molecular complexity index is 1360. The van der Waals surface area contributed by atoms with E-state index in [4.69, 9.17) is 30.8 Å². The van der Waals surface area contributed by atoms with E-state index in [9.17, 15) is 4.79 Å². The van der Waals surface area contributed by atoms with E-state index in [0.717, 1.165) is 22.2 Å². The minimum absolute atomic E-state index is 0.178. The van der Waals surface area contributed by atoms with E-state index in [1.807, 2.05) is 49.4 Å². The third-order valence-electron chi connectivity index (χ3n) is 5.08. The van der Waals surface area contributed by atoms with Crippen LogP contribution in [0.25, 0.3) is 22.2 Å². The Morgan fingerprint density at radius 1 is 1.00 bits per heavy atom. The first-order valence-corrected chi connectivity index (χ1v) is 10.8. The summed E-state index contributed by atoms with van der Waals surface area (Å²) in [5.41, 5.74) is 3.61. The van der Waals surface area contributed by atoms with Crippen molar-refractivity contribution in [1.29, 1.82) is 0 Å². The second-order valence-corrected chi connectivity index (χ2v) is 7.76. The van der Waals surface area contributed by atoms with E-state index in [-0.39, 0.29) is 12.8 Å². The van der Waals surface area contributed by atoms with Gasteiger partial charge in [-0.05, 0) is 49.4 Å². The molecule has 0 saturated heterocycles. The summed E-state index contributed by atoms with van der Waals surface area (Å²) in [5.74, 6) is 1.93. The standard InChI is InChI=1S/C25H20ClN3O4/c1-2-31-23-13-21(15-4-3-5-16(26)10-15)29-20-8-6-17(11-19(20)23)27-25(30)28-18-7-9-22-24(12-18)33-14-32-22/h3-13H,2,14H2,1H3,(H2,27,28,30). The van der Waals surface area contributed by atoms with E-state index in [0.29, 0.717) is 40.3 Å². The van der Waals surface area contributed by atoms with E-state index in [1.54, 1.807) is 24.3 Å². The van der Waals surface area contributed by atoms with Crippen LogP contribution in [-0.2, 0) is 0 Å². The second-order valence-electron chi connectivity index (χ2n) is 7.33. The first kappa shape index (κ1) is 20.9. The molecule has 0 bridgehead atoms. The molecule has 4 aromatic rings. The average Bonchev–Trinajstić information content (AvgIpc) is 3.27. The molecule has 7 nitrogen and oxygen atoms in total. The number of anilines is 2. The predicted molar refractivity (Wildman–Crippen MR) is 129 cm³/mol. The summed E-state index contributed by atoms with van der Waals surface area (Å²) in [6, 6.07) is 19.7. The van der Waals surface area contributed by atoms with Crippen molar-refractivity contribution in [3.8, 4) is 28.5 Å². The smallest absolute Gasteiger partial charge is 0.323 e. The molecule has 0 saturated carbocycles. The van der Waals surface area contributed by atoms with Crippen molar-refractivity contribution in [2.45, 2.75) is 6.92 Å². The number of nitrogens with zero attached hydrogens (tertiary/aromatic N) is 1. The summed E-state index contributed by atoms with van der Waals surface area (Å²) in [7, 11) is 0. The van der Waals surface area contributed by atoms with Crippen LogP contribution >= 0.6 is 11.6 Å². The minimum Gasteiger partial charge on any atom is -0.493 e. The van der Waals surface area contributed by atoms with Gasteiger partial charge in [0.15, 0.2) is 11.5 Å². The lowest BCUT2D eigenvalue weighted by molar-refractivity contribution is 0.174. The van der Waals surface area contributed by atoms with Crippen molar-refractivity contribution < 1.29 is 19.0 Å². The number of benzene rings is 3. The molecule has 1 aliphatic heterocycles. The van der Waals surface area contributed by atoms with Gasteiger partial charge in [-0.25, -0.2) is 9.78 Å². The number of fused-ring (bicyclic) bond motifs is 2. The molecule has 0 fully saturated rings. The maximum Gasteiger partial charge on any atom is 0.323 e. The maximum absolute atomic E-state index is 12.5. The molecule has 0 radical (unpaired) electrons. The topological polar surface area (TPSA) is 81.7 Å². The first-order chi connectivity index (χ1) is 16.1. The molecule has 3 aromatic carbocycles. The first-order valence-electron chi connectivity index (χ1n) is 10.4. The third-order valence-corrected chi connectivity index (χ3v) is 5.31. The molecule has 0 aliphatic carbocycles. The number of carbonyl (C=O) groups excluding carboxylic acids is 1. The number of nitrogens with one attached hydrogen (secondary N) is 2. The molecule has 5 rings (SSSR count). The van der Waals surface area contributed by atoms with Gasteiger partial charge < -0.3 is 24.8 Å². The van der Waals surface area contributed by atoms with Crippen molar-refractivity contribution in [3.63, 3.8) is 0 Å². The molecule has 2 N–H and O–H groups in total. The van der Waals surface area contributed by atoms with Crippen LogP contribution in [0.1, 0.15) is 6.92 Å². The number of amides is 2. The van der Waals surface area contributed by atoms with Gasteiger partial charge in [-0.3, -0.25) is 0 Å². The molecule has 8 heteroatoms. The lowest BCUT2D eigenvalue weighted by Gasteiger charge is -2.13. The number of halogens is 1. The molecule has 33 heavy (non-hydrogen) atoms. The van der Waals surface area contributed by atoms with E-state index in [1.165, 1.54) is 0 Å². The van der Waals surface area contributed by atoms with Crippen molar-refractivity contribution in [2.75, 3.05) is 24.0 Å². The van der Waals surface area contributed by atoms with Crippen LogP contribution in [0.2, 0.25) is 5.02 Å². The number of aromatic nitrogens is 1. The zero-order valence-electron chi connectivity index (χ0n) is 17.7. The lowest BCUT2D eigenvalue weighted by Crippen LogP contribution is -2.19. The molecule has 2 amide bonds. The molecular formula is C25H20ClN3O4. The fourth-order valence-electron chi connectivity index (χ4n) is 3.61. The molecule has 0 spiro atoms. The number of hydrogen-bond acceptors (Lipinski definition) is 5. The zero-order chi connectivity index (χ0) is 22.8. The van der Waals surface area contributed by atoms with Gasteiger partial charge in [0.05, 0.1) is 17.8 Å². The highest BCUT2D eigenvalue weighted by Crippen LogP contribution is 2.35. The highest BCUT2D eigenvalue weighted by Gasteiger charge is 2.15. The molecule has 0 unspecified atom stereocenters. The van der Waals surface area contributed by atoms with Gasteiger partial charge >= 0.3 is 6.03 Å². The quantitative estimate of drug-likeness (QED) is 0.363. The second kappa shape index (κ2) is 8.88. The fraction of sp³-hybridized carbons (Fsp3) is 0.120. The largest absolute Gasteiger partial charge is 0.493 e. The van der Waals surface area contributed by atoms with E-state index < -0.39 is 0 Å². The fourth-order valence-corrected chi connectivity index (χ4v) is 3.80. The lowest BCUT2D eigenvalue weighted by atomic mass is 10.1. The molecule has 0 atom stereocenters. The summed E-state index contributed by atoms with van der Waals surface area (Å²) < 4.78 is 16.5. The summed E-state index contributed by atoms with van der Waals surface area (Å²) in [6.07, 6.45) is 0. The predicted octanol–water partition coefficient (Wildman–Crippen LogP) is 6.33. The highest BCUT2D eigenvalue weighted by atomic mass is 35.5. The number of carbonyl (C=O) groups is 1. The van der Waals surface area contributed by atoms with Crippen molar-refractivity contribution in [3.05, 3.63) is 71.8 Å². The summed E-state index contributed by atoms with van der Waals surface area (Å²) >= 11 is 6.15. The molecule has 166 valence electrons. The van der Waals surface area contributed by atoms with Crippen LogP contribution in [-0.4, -0.2) is 24.4 Å². The molecular weight excluding hydrogens is 442 g/mol. The van der Waals surface area contributed by atoms with Gasteiger partial charge in [-0.2, -0.15) is 0 Å². The van der Waals surface area contributed by atoms with Crippen molar-refractivity contribution in [1.82, 2.24) is 4.98 Å². The summed E-state index contributed by atoms with van der Waals surface area (Å²) in [5, 5.41) is 7.08. The Hall–Kier alpha value is -3.97. The van der Waals surface area contributed by atoms with Crippen LogP contribution in [0.3, 0.4) is 0 Å². The highest BCUT2D eigenvalue weighted by molar-refractivity contribution is 6.30. The number of rotatable bonds is 5. The third kappa shape index (κ3) is 4.49. The number of pyridine rings is 1. The molecule has 2 heterocycles. The number of ether oxygens (including phenoxy) is 3. The Morgan fingerprint density at radius 2 is 1.79 bits per heavy atom. The number of hydrogen-bond donors (Lipinski definition) is 2. The zero-order valence-corrected chi connectivity index (χ0v) is 18.5. The van der Waals surface area contributed by atoms with Gasteiger partial charge in [-0.1, -0.05) is 23.7 Å². The molecule has 1 aromatic heterocycles. The van der Waals surface area contributed by atoms with Crippen LogP contribution in [0.5, 0.6) is 17.2 Å². The van der Waals surface area contributed by atoms with Crippen LogP contribution < -0.4 is 24.8 Å². The van der Waals surface area contributed by atoms with E-state index in [2.05, 4.69) is 10.6 Å². The van der Waals surface area contributed by atoms with Gasteiger partial charge in [0.25, 0.3) is 0 Å². The van der Waals surface area contributed by atoms with Crippen LogP contribution in [0.4, 0.5) is 16.2 Å². The Morgan fingerprint density at radius 3 is 2.61 bits per heavy atom. The Labute approximate surface area is 195 Å². The van der Waals surface area contributed by atoms with E-state index >= 15 is 0 Å². The normalized spacial score (nSPS) is 11.9.